The Morgan fingerprint density at radius 3 is 2.68 bits per heavy atom. The molecule has 118 valence electrons. The Balaban J connectivity index is 1.69. The second-order valence-corrected chi connectivity index (χ2v) is 6.77. The Labute approximate surface area is 141 Å². The summed E-state index contributed by atoms with van der Waals surface area (Å²) in [6.07, 6.45) is 7.13. The highest BCUT2D eigenvalue weighted by atomic mass is 35.5. The lowest BCUT2D eigenvalue weighted by Crippen LogP contribution is -2.40. The first-order valence-corrected chi connectivity index (χ1v) is 8.72. The first-order chi connectivity index (χ1) is 10.7. The van der Waals surface area contributed by atoms with E-state index in [0.717, 1.165) is 30.8 Å². The zero-order valence-electron chi connectivity index (χ0n) is 12.5. The van der Waals surface area contributed by atoms with E-state index >= 15 is 0 Å². The van der Waals surface area contributed by atoms with Gasteiger partial charge in [-0.2, -0.15) is 0 Å². The number of likely N-dealkylation sites (tertiary alicyclic amines) is 1. The van der Waals surface area contributed by atoms with Gasteiger partial charge in [-0.3, -0.25) is 4.79 Å². The fourth-order valence-electron chi connectivity index (χ4n) is 2.40. The topological polar surface area (TPSA) is 29.5 Å². The van der Waals surface area contributed by atoms with Crippen LogP contribution < -0.4 is 0 Å². The number of carbonyl (C=O) groups excluding carboxylic acids is 1. The maximum atomic E-state index is 12.2. The van der Waals surface area contributed by atoms with E-state index in [1.54, 1.807) is 11.8 Å². The molecule has 1 aromatic carbocycles. The minimum absolute atomic E-state index is 0.197. The van der Waals surface area contributed by atoms with Crippen molar-refractivity contribution in [1.29, 1.82) is 0 Å². The van der Waals surface area contributed by atoms with Crippen LogP contribution in [0.1, 0.15) is 12.8 Å². The van der Waals surface area contributed by atoms with E-state index in [9.17, 15) is 4.79 Å². The molecule has 1 aromatic rings. The minimum atomic E-state index is 0.197. The zero-order valence-corrected chi connectivity index (χ0v) is 14.0. The van der Waals surface area contributed by atoms with Gasteiger partial charge in [0, 0.05) is 23.0 Å². The second kappa shape index (κ2) is 9.09. The molecule has 1 aliphatic rings. The summed E-state index contributed by atoms with van der Waals surface area (Å²) in [6, 6.07) is 7.57. The van der Waals surface area contributed by atoms with Crippen molar-refractivity contribution in [1.82, 2.24) is 4.90 Å². The van der Waals surface area contributed by atoms with Crippen LogP contribution in [-0.2, 0) is 9.53 Å². The number of ether oxygens (including phenoxy) is 1. The summed E-state index contributed by atoms with van der Waals surface area (Å²) < 4.78 is 5.38. The van der Waals surface area contributed by atoms with Crippen molar-refractivity contribution >= 4 is 29.3 Å². The van der Waals surface area contributed by atoms with Gasteiger partial charge in [-0.1, -0.05) is 17.5 Å². The average Bonchev–Trinajstić information content (AvgIpc) is 2.55. The van der Waals surface area contributed by atoms with Crippen LogP contribution in [0.25, 0.3) is 0 Å². The monoisotopic (exact) mass is 337 g/mol. The number of thioether (sulfide) groups is 1. The summed E-state index contributed by atoms with van der Waals surface area (Å²) in [6.45, 7) is 2.69. The van der Waals surface area contributed by atoms with Gasteiger partial charge >= 0.3 is 0 Å². The van der Waals surface area contributed by atoms with Gasteiger partial charge in [-0.05, 0) is 43.0 Å². The molecule has 1 fully saturated rings. The van der Waals surface area contributed by atoms with Crippen molar-refractivity contribution in [2.24, 2.45) is 5.92 Å². The SMILES string of the molecule is C#CCOCC1CCN(C(=O)CSc2ccc(Cl)cc2)CC1. The van der Waals surface area contributed by atoms with Crippen LogP contribution in [-0.4, -0.2) is 42.9 Å². The molecule has 0 aliphatic carbocycles. The molecular weight excluding hydrogens is 318 g/mol. The van der Waals surface area contributed by atoms with Crippen LogP contribution in [0.2, 0.25) is 5.02 Å². The molecule has 0 unspecified atom stereocenters. The molecule has 0 atom stereocenters. The largest absolute Gasteiger partial charge is 0.369 e. The lowest BCUT2D eigenvalue weighted by atomic mass is 9.98. The fraction of sp³-hybridized carbons (Fsp3) is 0.471. The number of piperidine rings is 1. The van der Waals surface area contributed by atoms with Crippen LogP contribution in [0.5, 0.6) is 0 Å². The smallest absolute Gasteiger partial charge is 0.232 e. The van der Waals surface area contributed by atoms with Gasteiger partial charge in [0.05, 0.1) is 12.4 Å². The summed E-state index contributed by atoms with van der Waals surface area (Å²) in [5.41, 5.74) is 0. The number of halogens is 1. The van der Waals surface area contributed by atoms with Crippen LogP contribution >= 0.6 is 23.4 Å². The number of nitrogens with zero attached hydrogens (tertiary/aromatic N) is 1. The molecule has 0 aromatic heterocycles. The zero-order chi connectivity index (χ0) is 15.8. The second-order valence-electron chi connectivity index (χ2n) is 5.29. The van der Waals surface area contributed by atoms with E-state index in [-0.39, 0.29) is 5.91 Å². The van der Waals surface area contributed by atoms with Gasteiger partial charge in [0.2, 0.25) is 5.91 Å². The van der Waals surface area contributed by atoms with Crippen molar-refractivity contribution in [3.8, 4) is 12.3 Å². The van der Waals surface area contributed by atoms with Crippen molar-refractivity contribution in [3.05, 3.63) is 29.3 Å². The van der Waals surface area contributed by atoms with E-state index in [2.05, 4.69) is 5.92 Å². The molecule has 0 saturated carbocycles. The minimum Gasteiger partial charge on any atom is -0.369 e. The summed E-state index contributed by atoms with van der Waals surface area (Å²) in [4.78, 5) is 15.2. The number of hydrogen-bond donors (Lipinski definition) is 0. The highest BCUT2D eigenvalue weighted by Crippen LogP contribution is 2.22. The number of hydrogen-bond acceptors (Lipinski definition) is 3. The quantitative estimate of drug-likeness (QED) is 0.453. The molecule has 0 bridgehead atoms. The predicted molar refractivity (Wildman–Crippen MR) is 91.1 cm³/mol. The molecule has 0 spiro atoms. The van der Waals surface area contributed by atoms with Gasteiger partial charge < -0.3 is 9.64 Å². The summed E-state index contributed by atoms with van der Waals surface area (Å²) in [5, 5.41) is 0.713. The third-order valence-corrected chi connectivity index (χ3v) is 4.93. The average molecular weight is 338 g/mol. The van der Waals surface area contributed by atoms with Gasteiger partial charge in [-0.25, -0.2) is 0 Å². The first-order valence-electron chi connectivity index (χ1n) is 7.36. The maximum absolute atomic E-state index is 12.2. The number of terminal acetylenes is 1. The van der Waals surface area contributed by atoms with Gasteiger partial charge in [0.1, 0.15) is 6.61 Å². The van der Waals surface area contributed by atoms with Gasteiger partial charge in [0.15, 0.2) is 0 Å². The molecule has 3 nitrogen and oxygen atoms in total. The van der Waals surface area contributed by atoms with Crippen LogP contribution in [0, 0.1) is 18.3 Å². The Kier molecular flexibility index (Phi) is 7.11. The Morgan fingerprint density at radius 1 is 1.36 bits per heavy atom. The van der Waals surface area contributed by atoms with Crippen molar-refractivity contribution in [2.75, 3.05) is 32.1 Å². The summed E-state index contributed by atoms with van der Waals surface area (Å²) in [7, 11) is 0. The lowest BCUT2D eigenvalue weighted by molar-refractivity contribution is -0.130. The molecule has 1 saturated heterocycles. The number of rotatable bonds is 6. The van der Waals surface area contributed by atoms with Crippen molar-refractivity contribution in [3.63, 3.8) is 0 Å². The molecule has 0 N–H and O–H groups in total. The molecule has 1 heterocycles. The molecular formula is C17H20ClNO2S. The van der Waals surface area contributed by atoms with Gasteiger partial charge in [-0.15, -0.1) is 18.2 Å². The summed E-state index contributed by atoms with van der Waals surface area (Å²) in [5.74, 6) is 3.66. The molecule has 1 amide bonds. The Hall–Kier alpha value is -1.15. The van der Waals surface area contributed by atoms with Crippen molar-refractivity contribution < 1.29 is 9.53 Å². The van der Waals surface area contributed by atoms with E-state index < -0.39 is 0 Å². The normalized spacial score (nSPS) is 15.5. The molecule has 0 radical (unpaired) electrons. The van der Waals surface area contributed by atoms with Crippen LogP contribution in [0.3, 0.4) is 0 Å². The molecule has 5 heteroatoms. The number of carbonyl (C=O) groups is 1. The van der Waals surface area contributed by atoms with E-state index in [1.807, 2.05) is 29.2 Å². The predicted octanol–water partition coefficient (Wildman–Crippen LogP) is 3.32. The third kappa shape index (κ3) is 5.57. The van der Waals surface area contributed by atoms with Gasteiger partial charge in [0.25, 0.3) is 0 Å². The summed E-state index contributed by atoms with van der Waals surface area (Å²) >= 11 is 7.40. The maximum Gasteiger partial charge on any atom is 0.232 e. The standard InChI is InChI=1S/C17H20ClNO2S/c1-2-11-21-12-14-7-9-19(10-8-14)17(20)13-22-16-5-3-15(18)4-6-16/h1,3-6,14H,7-13H2. The number of benzene rings is 1. The van der Waals surface area contributed by atoms with E-state index in [0.29, 0.717) is 29.9 Å². The third-order valence-electron chi connectivity index (χ3n) is 3.68. The Bertz CT molecular complexity index is 518. The highest BCUT2D eigenvalue weighted by molar-refractivity contribution is 8.00. The van der Waals surface area contributed by atoms with Crippen LogP contribution in [0.15, 0.2) is 29.2 Å². The highest BCUT2D eigenvalue weighted by Gasteiger charge is 2.22. The molecule has 2 rings (SSSR count). The van der Waals surface area contributed by atoms with E-state index in [1.165, 1.54) is 0 Å². The molecule has 22 heavy (non-hydrogen) atoms. The lowest BCUT2D eigenvalue weighted by Gasteiger charge is -2.31. The first kappa shape index (κ1) is 17.2. The number of amides is 1. The van der Waals surface area contributed by atoms with Crippen molar-refractivity contribution in [2.45, 2.75) is 17.7 Å². The molecule has 1 aliphatic heterocycles. The van der Waals surface area contributed by atoms with Crippen LogP contribution in [0.4, 0.5) is 0 Å². The van der Waals surface area contributed by atoms with E-state index in [4.69, 9.17) is 22.8 Å². The fourth-order valence-corrected chi connectivity index (χ4v) is 3.33. The Morgan fingerprint density at radius 2 is 2.05 bits per heavy atom.